The zero-order valence-corrected chi connectivity index (χ0v) is 21.4. The molecule has 0 saturated carbocycles. The van der Waals surface area contributed by atoms with Gasteiger partial charge in [0.1, 0.15) is 5.82 Å². The zero-order valence-electron chi connectivity index (χ0n) is 21.4. The number of anilines is 1. The van der Waals surface area contributed by atoms with Crippen LogP contribution in [0, 0.1) is 30.4 Å². The van der Waals surface area contributed by atoms with Crippen LogP contribution < -0.4 is 14.4 Å². The Labute approximate surface area is 224 Å². The first-order chi connectivity index (χ1) is 18.9. The summed E-state index contributed by atoms with van der Waals surface area (Å²) in [5.41, 5.74) is 4.14. The van der Waals surface area contributed by atoms with Crippen molar-refractivity contribution in [3.05, 3.63) is 77.5 Å². The summed E-state index contributed by atoms with van der Waals surface area (Å²) >= 11 is 0. The quantitative estimate of drug-likeness (QED) is 0.364. The van der Waals surface area contributed by atoms with E-state index >= 15 is 0 Å². The average molecular weight is 529 g/mol. The van der Waals surface area contributed by atoms with Crippen molar-refractivity contribution in [3.63, 3.8) is 0 Å². The fourth-order valence-corrected chi connectivity index (χ4v) is 6.11. The predicted octanol–water partition coefficient (Wildman–Crippen LogP) is 5.21. The Bertz CT molecular complexity index is 1610. The van der Waals surface area contributed by atoms with Gasteiger partial charge in [-0.1, -0.05) is 23.8 Å². The molecule has 2 bridgehead atoms. The Balaban J connectivity index is 1.12. The van der Waals surface area contributed by atoms with Crippen molar-refractivity contribution in [2.75, 3.05) is 37.9 Å². The number of hydrogen-bond acceptors (Lipinski definition) is 6. The largest absolute Gasteiger partial charge is 0.454 e. The highest BCUT2D eigenvalue weighted by atomic mass is 19.2. The molecule has 2 saturated heterocycles. The number of piperidine rings is 2. The van der Waals surface area contributed by atoms with Gasteiger partial charge in [-0.15, -0.1) is 0 Å². The van der Waals surface area contributed by atoms with Crippen molar-refractivity contribution in [2.45, 2.75) is 13.3 Å². The van der Waals surface area contributed by atoms with Gasteiger partial charge in [-0.25, -0.2) is 13.8 Å². The first-order valence-corrected chi connectivity index (χ1v) is 13.1. The monoisotopic (exact) mass is 528 g/mol. The lowest BCUT2D eigenvalue weighted by molar-refractivity contribution is 0.0565. The number of likely N-dealkylation sites (tertiary alicyclic amines) is 1. The number of amides is 1. The third-order valence-corrected chi connectivity index (χ3v) is 7.85. The smallest absolute Gasteiger partial charge is 0.254 e. The van der Waals surface area contributed by atoms with Crippen LogP contribution in [-0.4, -0.2) is 53.7 Å². The summed E-state index contributed by atoms with van der Waals surface area (Å²) in [5.74, 6) is 0.728. The van der Waals surface area contributed by atoms with Crippen molar-refractivity contribution in [1.82, 2.24) is 14.9 Å². The Kier molecular flexibility index (Phi) is 5.61. The van der Waals surface area contributed by atoms with Crippen molar-refractivity contribution in [2.24, 2.45) is 11.8 Å². The molecule has 198 valence electrons. The maximum absolute atomic E-state index is 13.9. The number of aryl methyl sites for hydroxylation is 1. The highest BCUT2D eigenvalue weighted by Gasteiger charge is 2.37. The van der Waals surface area contributed by atoms with E-state index in [4.69, 9.17) is 9.47 Å². The molecule has 0 spiro atoms. The molecular weight excluding hydrogens is 502 g/mol. The summed E-state index contributed by atoms with van der Waals surface area (Å²) in [6, 6.07) is 13.9. The second-order valence-corrected chi connectivity index (χ2v) is 10.7. The van der Waals surface area contributed by atoms with Crippen LogP contribution in [0.15, 0.2) is 54.7 Å². The Morgan fingerprint density at radius 1 is 0.897 bits per heavy atom. The van der Waals surface area contributed by atoms with E-state index in [9.17, 15) is 13.6 Å². The Morgan fingerprint density at radius 3 is 2.44 bits per heavy atom. The standard InChI is InChI=1S/C30H26F2N4O3/c1-17-2-4-21(20-3-5-27-28(8-20)39-16-38-27)22(6-17)30(37)36-14-18-7-19(15-36)13-35(12-18)29-11-33-25-9-23(31)24(32)10-26(25)34-29/h2-6,8-11,18-19H,7,12-16H2,1H3. The molecular formula is C30H26F2N4O3. The van der Waals surface area contributed by atoms with E-state index in [1.54, 1.807) is 6.20 Å². The van der Waals surface area contributed by atoms with E-state index in [2.05, 4.69) is 14.9 Å². The normalized spacial score (nSPS) is 20.0. The van der Waals surface area contributed by atoms with E-state index in [1.807, 2.05) is 48.2 Å². The van der Waals surface area contributed by atoms with Crippen LogP contribution in [0.5, 0.6) is 11.5 Å². The van der Waals surface area contributed by atoms with Gasteiger partial charge >= 0.3 is 0 Å². The fraction of sp³-hybridized carbons (Fsp3) is 0.300. The van der Waals surface area contributed by atoms with E-state index in [0.717, 1.165) is 35.2 Å². The van der Waals surface area contributed by atoms with Gasteiger partial charge in [-0.05, 0) is 54.5 Å². The van der Waals surface area contributed by atoms with Crippen molar-refractivity contribution in [3.8, 4) is 22.6 Å². The minimum atomic E-state index is -0.935. The van der Waals surface area contributed by atoms with Crippen LogP contribution in [-0.2, 0) is 0 Å². The summed E-state index contributed by atoms with van der Waals surface area (Å²) < 4.78 is 38.4. The predicted molar refractivity (Wildman–Crippen MR) is 142 cm³/mol. The second kappa shape index (κ2) is 9.18. The van der Waals surface area contributed by atoms with Crippen LogP contribution in [0.2, 0.25) is 0 Å². The molecule has 2 atom stereocenters. The molecule has 0 aliphatic carbocycles. The van der Waals surface area contributed by atoms with Crippen LogP contribution >= 0.6 is 0 Å². The first kappa shape index (κ1) is 23.8. The lowest BCUT2D eigenvalue weighted by Gasteiger charge is -2.46. The summed E-state index contributed by atoms with van der Waals surface area (Å²) in [6.07, 6.45) is 2.65. The summed E-state index contributed by atoms with van der Waals surface area (Å²) in [4.78, 5) is 26.9. The molecule has 0 radical (unpaired) electrons. The molecule has 7 nitrogen and oxygen atoms in total. The lowest BCUT2D eigenvalue weighted by Crippen LogP contribution is -2.54. The molecule has 0 N–H and O–H groups in total. The number of aromatic nitrogens is 2. The third-order valence-electron chi connectivity index (χ3n) is 7.85. The molecule has 3 aliphatic rings. The molecule has 2 unspecified atom stereocenters. The maximum Gasteiger partial charge on any atom is 0.254 e. The van der Waals surface area contributed by atoms with Gasteiger partial charge < -0.3 is 19.3 Å². The van der Waals surface area contributed by atoms with E-state index in [0.29, 0.717) is 60.1 Å². The summed E-state index contributed by atoms with van der Waals surface area (Å²) in [5, 5.41) is 0. The summed E-state index contributed by atoms with van der Waals surface area (Å²) in [7, 11) is 0. The minimum absolute atomic E-state index is 0.0255. The number of nitrogens with zero attached hydrogens (tertiary/aromatic N) is 4. The number of rotatable bonds is 3. The maximum atomic E-state index is 13.9. The highest BCUT2D eigenvalue weighted by molar-refractivity contribution is 6.01. The number of fused-ring (bicyclic) bond motifs is 4. The molecule has 4 aromatic rings. The number of carbonyl (C=O) groups is 1. The highest BCUT2D eigenvalue weighted by Crippen LogP contribution is 2.38. The van der Waals surface area contributed by atoms with E-state index < -0.39 is 11.6 Å². The number of ether oxygens (including phenoxy) is 2. The van der Waals surface area contributed by atoms with Crippen LogP contribution in [0.25, 0.3) is 22.2 Å². The van der Waals surface area contributed by atoms with Gasteiger partial charge in [0.15, 0.2) is 23.1 Å². The lowest BCUT2D eigenvalue weighted by atomic mass is 9.84. The number of benzene rings is 3. The molecule has 1 aromatic heterocycles. The van der Waals surface area contributed by atoms with E-state index in [-0.39, 0.29) is 24.5 Å². The Hall–Kier alpha value is -4.27. The molecule has 2 fully saturated rings. The molecule has 4 heterocycles. The third kappa shape index (κ3) is 4.31. The SMILES string of the molecule is Cc1ccc(-c2ccc3c(c2)OCO3)c(C(=O)N2CC3CC(C2)CN(c2cnc4cc(F)c(F)cc4n2)C3)c1. The molecule has 7 rings (SSSR count). The van der Waals surface area contributed by atoms with Gasteiger partial charge in [-0.2, -0.15) is 0 Å². The molecule has 9 heteroatoms. The summed E-state index contributed by atoms with van der Waals surface area (Å²) in [6.45, 7) is 4.91. The van der Waals surface area contributed by atoms with Crippen LogP contribution in [0.3, 0.4) is 0 Å². The van der Waals surface area contributed by atoms with Crippen molar-refractivity contribution in [1.29, 1.82) is 0 Å². The van der Waals surface area contributed by atoms with Crippen LogP contribution in [0.4, 0.5) is 14.6 Å². The zero-order chi connectivity index (χ0) is 26.7. The average Bonchev–Trinajstić information content (AvgIpc) is 3.40. The van der Waals surface area contributed by atoms with Crippen LogP contribution in [0.1, 0.15) is 22.3 Å². The molecule has 3 aliphatic heterocycles. The Morgan fingerprint density at radius 2 is 1.64 bits per heavy atom. The van der Waals surface area contributed by atoms with Gasteiger partial charge in [0.25, 0.3) is 5.91 Å². The molecule has 3 aromatic carbocycles. The minimum Gasteiger partial charge on any atom is -0.454 e. The number of hydrogen-bond donors (Lipinski definition) is 0. The van der Waals surface area contributed by atoms with Crippen molar-refractivity contribution < 1.29 is 23.0 Å². The molecule has 39 heavy (non-hydrogen) atoms. The van der Waals surface area contributed by atoms with E-state index in [1.165, 1.54) is 0 Å². The van der Waals surface area contributed by atoms with Gasteiger partial charge in [0, 0.05) is 43.9 Å². The van der Waals surface area contributed by atoms with Gasteiger partial charge in [0.05, 0.1) is 17.2 Å². The van der Waals surface area contributed by atoms with Crippen molar-refractivity contribution >= 4 is 22.8 Å². The number of halogens is 2. The molecule has 1 amide bonds. The first-order valence-electron chi connectivity index (χ1n) is 13.1. The fourth-order valence-electron chi connectivity index (χ4n) is 6.11. The second-order valence-electron chi connectivity index (χ2n) is 10.7. The van der Waals surface area contributed by atoms with Gasteiger partial charge in [-0.3, -0.25) is 9.78 Å². The number of carbonyl (C=O) groups excluding carboxylic acids is 1. The topological polar surface area (TPSA) is 67.8 Å². The van der Waals surface area contributed by atoms with Gasteiger partial charge in [0.2, 0.25) is 6.79 Å².